The lowest BCUT2D eigenvalue weighted by molar-refractivity contribution is -0.159. The fourth-order valence-corrected chi connectivity index (χ4v) is 8.33. The Labute approximate surface area is 343 Å². The zero-order valence-electron chi connectivity index (χ0n) is 31.5. The number of primary sulfonamides is 1. The monoisotopic (exact) mass is 854 g/mol. The van der Waals surface area contributed by atoms with Crippen LogP contribution in [0.15, 0.2) is 110 Å². The van der Waals surface area contributed by atoms with Crippen LogP contribution < -0.4 is 10.9 Å². The van der Waals surface area contributed by atoms with Gasteiger partial charge in [-0.2, -0.15) is 0 Å². The number of fused-ring (bicyclic) bond motifs is 3. The Morgan fingerprint density at radius 1 is 0.948 bits per heavy atom. The minimum Gasteiger partial charge on any atom is -0.508 e. The second kappa shape index (κ2) is 16.1. The Morgan fingerprint density at radius 2 is 1.53 bits per heavy atom. The molecular weight excluding hydrogens is 815 g/mol. The molecule has 3 aliphatic rings. The third kappa shape index (κ3) is 7.67. The van der Waals surface area contributed by atoms with Gasteiger partial charge in [0.15, 0.2) is 11.4 Å². The molecule has 4 aromatic rings. The van der Waals surface area contributed by atoms with Crippen molar-refractivity contribution >= 4 is 56.5 Å². The molecule has 9 N–H and O–H groups in total. The number of aromatic nitrogens is 1. The Bertz CT molecular complexity index is 2490. The number of nitrogens with two attached hydrogens (primary N) is 2. The van der Waals surface area contributed by atoms with Crippen LogP contribution in [-0.4, -0.2) is 87.2 Å². The number of rotatable bonds is 5. The number of Topliss-reactive ketones (excluding diaryl/α,β-unsaturated/α-hetero) is 2. The molecule has 0 unspecified atom stereocenters. The average Bonchev–Trinajstić information content (AvgIpc) is 3.53. The van der Waals surface area contributed by atoms with Crippen molar-refractivity contribution in [2.75, 3.05) is 14.1 Å². The Morgan fingerprint density at radius 3 is 2.07 bits per heavy atom. The third-order valence-corrected chi connectivity index (χ3v) is 11.3. The number of ketones is 2. The van der Waals surface area contributed by atoms with Crippen LogP contribution >= 0.6 is 23.2 Å². The first kappa shape index (κ1) is 43.8. The molecule has 0 radical (unpaired) electrons. The van der Waals surface area contributed by atoms with Crippen molar-refractivity contribution in [2.45, 2.75) is 42.4 Å². The van der Waals surface area contributed by atoms with Gasteiger partial charge in [-0.15, -0.1) is 0 Å². The van der Waals surface area contributed by atoms with Gasteiger partial charge in [0, 0.05) is 23.0 Å². The molecule has 1 heterocycles. The minimum atomic E-state index is -3.70. The highest BCUT2D eigenvalue weighted by Gasteiger charge is 2.66. The number of benzene rings is 3. The molecule has 0 aliphatic heterocycles. The van der Waals surface area contributed by atoms with Crippen LogP contribution in [0, 0.1) is 18.8 Å². The molecular formula is C40H40Cl2N4O11S. The molecule has 58 heavy (non-hydrogen) atoms. The van der Waals surface area contributed by atoms with Crippen molar-refractivity contribution < 1.29 is 52.9 Å². The van der Waals surface area contributed by atoms with E-state index >= 15 is 0 Å². The molecule has 0 saturated heterocycles. The normalized spacial score (nSPS) is 23.8. The van der Waals surface area contributed by atoms with Crippen LogP contribution in [-0.2, 0) is 30.0 Å². The quantitative estimate of drug-likeness (QED) is 0.136. The number of sulfonamides is 1. The number of hydrogen-bond donors (Lipinski definition) is 7. The molecule has 1 saturated carbocycles. The molecule has 1 fully saturated rings. The number of primary amides is 1. The molecule has 3 aromatic carbocycles. The summed E-state index contributed by atoms with van der Waals surface area (Å²) in [5.41, 5.74) is 2.77. The first-order valence-corrected chi connectivity index (χ1v) is 19.6. The SMILES string of the molecule is C=C(Cl)Cl.CN(C)[C@@H]1C(=O)C(C(N)=O)=C(O)[C@@]2(O)C(=O)C3=C(O)c4c(O)cccc4[C@@](C)(O)[C@H]3C[C@@H]12.Cc1onc(-c2ccccc2)c1-c1ccc(S(N)(=O)=O)cc1. The maximum atomic E-state index is 13.7. The predicted molar refractivity (Wildman–Crippen MR) is 214 cm³/mol. The Balaban J connectivity index is 0.000000214. The second-order valence-electron chi connectivity index (χ2n) is 14.2. The van der Waals surface area contributed by atoms with Crippen molar-refractivity contribution in [1.29, 1.82) is 0 Å². The summed E-state index contributed by atoms with van der Waals surface area (Å²) < 4.78 is 28.1. The van der Waals surface area contributed by atoms with Crippen LogP contribution in [0.5, 0.6) is 5.75 Å². The summed E-state index contributed by atoms with van der Waals surface area (Å²) in [5.74, 6) is -7.23. The van der Waals surface area contributed by atoms with E-state index in [2.05, 4.69) is 11.7 Å². The van der Waals surface area contributed by atoms with E-state index in [-0.39, 0.29) is 26.9 Å². The maximum absolute atomic E-state index is 13.7. The van der Waals surface area contributed by atoms with Crippen molar-refractivity contribution in [3.63, 3.8) is 0 Å². The molecule has 15 nitrogen and oxygen atoms in total. The highest BCUT2D eigenvalue weighted by Crippen LogP contribution is 2.57. The molecule has 1 amide bonds. The third-order valence-electron chi connectivity index (χ3n) is 10.4. The maximum Gasteiger partial charge on any atom is 0.255 e. The van der Waals surface area contributed by atoms with Gasteiger partial charge in [-0.3, -0.25) is 19.3 Å². The van der Waals surface area contributed by atoms with E-state index in [0.29, 0.717) is 5.76 Å². The molecule has 306 valence electrons. The van der Waals surface area contributed by atoms with Gasteiger partial charge >= 0.3 is 0 Å². The van der Waals surface area contributed by atoms with Crippen LogP contribution in [0.4, 0.5) is 0 Å². The van der Waals surface area contributed by atoms with Crippen molar-refractivity contribution in [3.05, 3.63) is 118 Å². The molecule has 0 bridgehead atoms. The summed E-state index contributed by atoms with van der Waals surface area (Å²) in [6.07, 6.45) is -0.200. The van der Waals surface area contributed by atoms with Crippen molar-refractivity contribution in [2.24, 2.45) is 22.7 Å². The fraction of sp³-hybridized carbons (Fsp3) is 0.250. The van der Waals surface area contributed by atoms with Gasteiger partial charge in [-0.25, -0.2) is 13.6 Å². The number of carbonyl (C=O) groups is 3. The number of hydrogen-bond acceptors (Lipinski definition) is 13. The lowest BCUT2D eigenvalue weighted by Crippen LogP contribution is -2.67. The largest absolute Gasteiger partial charge is 0.508 e. The fourth-order valence-electron chi connectivity index (χ4n) is 7.82. The number of phenolic OH excluding ortho intramolecular Hbond substituents is 1. The van der Waals surface area contributed by atoms with Crippen LogP contribution in [0.2, 0.25) is 0 Å². The standard InChI is InChI=1S/C22H24N2O8.C16H14N2O3S.C2H2Cl2/c1-21(31)8-5-4-6-11(25)12(8)16(26)13-9(21)7-10-15(24(2)3)17(27)14(20(23)30)19(29)22(10,32)18(13)28;1-11-15(12-7-9-14(10-8-12)22(17,19)20)16(18-21-11)13-5-3-2-4-6-13;1-2(3)4/h4-6,9-10,15,25-26,29,31-32H,7H2,1-3H3,(H2,23,30);2-10H,1H3,(H2,17,19,20);1H2/t9-,10-,15-,21+,22-;;/m0../s1. The first-order chi connectivity index (χ1) is 27.0. The first-order valence-electron chi connectivity index (χ1n) is 17.3. The summed E-state index contributed by atoms with van der Waals surface area (Å²) in [7, 11) is -0.693. The van der Waals surface area contributed by atoms with Gasteiger partial charge in [-0.1, -0.05) is 89.5 Å². The van der Waals surface area contributed by atoms with Gasteiger partial charge in [-0.05, 0) is 63.7 Å². The Kier molecular flexibility index (Phi) is 12.2. The lowest BCUT2D eigenvalue weighted by Gasteiger charge is -2.53. The smallest absolute Gasteiger partial charge is 0.255 e. The van der Waals surface area contributed by atoms with Gasteiger partial charge in [0.25, 0.3) is 5.91 Å². The summed E-state index contributed by atoms with van der Waals surface area (Å²) in [5, 5.41) is 64.1. The number of aliphatic hydroxyl groups excluding tert-OH is 2. The Hall–Kier alpha value is -5.33. The summed E-state index contributed by atoms with van der Waals surface area (Å²) >= 11 is 9.69. The van der Waals surface area contributed by atoms with Crippen molar-refractivity contribution in [3.8, 4) is 28.1 Å². The van der Waals surface area contributed by atoms with Crippen LogP contribution in [0.1, 0.15) is 30.2 Å². The summed E-state index contributed by atoms with van der Waals surface area (Å²) in [4.78, 5) is 40.1. The topological polar surface area (TPSA) is 268 Å². The minimum absolute atomic E-state index is 0.0756. The number of nitrogens with zero attached hydrogens (tertiary/aromatic N) is 2. The van der Waals surface area contributed by atoms with Crippen molar-refractivity contribution in [1.82, 2.24) is 10.1 Å². The van der Waals surface area contributed by atoms with E-state index in [1.165, 1.54) is 56.3 Å². The average molecular weight is 856 g/mol. The highest BCUT2D eigenvalue weighted by atomic mass is 35.5. The van der Waals surface area contributed by atoms with E-state index in [9.17, 15) is 48.3 Å². The zero-order chi connectivity index (χ0) is 43.2. The van der Waals surface area contributed by atoms with E-state index in [4.69, 9.17) is 38.6 Å². The van der Waals surface area contributed by atoms with Gasteiger partial charge < -0.3 is 35.8 Å². The number of halogens is 2. The van der Waals surface area contributed by atoms with E-state index in [1.807, 2.05) is 37.3 Å². The number of amides is 1. The van der Waals surface area contributed by atoms with E-state index in [1.54, 1.807) is 12.1 Å². The van der Waals surface area contributed by atoms with Gasteiger partial charge in [0.2, 0.25) is 15.8 Å². The number of phenols is 1. The highest BCUT2D eigenvalue weighted by molar-refractivity contribution is 7.89. The number of aromatic hydroxyl groups is 1. The number of likely N-dealkylation sites (N-methyl/N-ethyl adjacent to an activating group) is 1. The van der Waals surface area contributed by atoms with E-state index < -0.39 is 85.0 Å². The molecule has 5 atom stereocenters. The second-order valence-corrected chi connectivity index (χ2v) is 16.9. The molecule has 18 heteroatoms. The van der Waals surface area contributed by atoms with Gasteiger partial charge in [0.1, 0.15) is 34.3 Å². The lowest BCUT2D eigenvalue weighted by atomic mass is 9.54. The van der Waals surface area contributed by atoms with Crippen LogP contribution in [0.25, 0.3) is 28.1 Å². The number of aliphatic hydroxyl groups is 4. The number of aryl methyl sites for hydroxylation is 1. The van der Waals surface area contributed by atoms with Crippen LogP contribution in [0.3, 0.4) is 0 Å². The molecule has 0 spiro atoms. The molecule has 3 aliphatic carbocycles. The summed E-state index contributed by atoms with van der Waals surface area (Å²) in [6, 6.07) is 19.0. The predicted octanol–water partition coefficient (Wildman–Crippen LogP) is 4.53. The molecule has 1 aromatic heterocycles. The van der Waals surface area contributed by atoms with Gasteiger partial charge in [0.05, 0.1) is 32.2 Å². The van der Waals surface area contributed by atoms with E-state index in [0.717, 1.165) is 22.4 Å². The number of carbonyl (C=O) groups excluding carboxylic acids is 3. The molecule has 7 rings (SSSR count). The summed E-state index contributed by atoms with van der Waals surface area (Å²) in [6.45, 7) is 6.31. The zero-order valence-corrected chi connectivity index (χ0v) is 33.8.